The maximum Gasteiger partial charge on any atom is 0.253 e. The molecule has 1 N–H and O–H groups in total. The summed E-state index contributed by atoms with van der Waals surface area (Å²) in [6.07, 6.45) is 1.09. The molecule has 1 unspecified atom stereocenters. The lowest BCUT2D eigenvalue weighted by Gasteiger charge is -2.22. The number of sulfonamides is 1. The Bertz CT molecular complexity index is 880. The number of halogens is 1. The Morgan fingerprint density at radius 3 is 2.76 bits per heavy atom. The molecule has 1 atom stereocenters. The topological polar surface area (TPSA) is 66.5 Å². The first kappa shape index (κ1) is 18.0. The minimum Gasteiger partial charge on any atom is -0.351 e. The van der Waals surface area contributed by atoms with Gasteiger partial charge in [0.15, 0.2) is 0 Å². The van der Waals surface area contributed by atoms with Crippen LogP contribution in [-0.2, 0) is 21.4 Å². The number of nitrogens with one attached hydrogen (secondary N) is 1. The summed E-state index contributed by atoms with van der Waals surface area (Å²) >= 11 is 1.20. The molecular weight excluding hydrogens is 363 g/mol. The molecule has 8 heteroatoms. The van der Waals surface area contributed by atoms with Crippen molar-refractivity contribution in [2.24, 2.45) is 0 Å². The average molecular weight is 382 g/mol. The molecule has 0 bridgehead atoms. The highest BCUT2D eigenvalue weighted by Crippen LogP contribution is 2.30. The van der Waals surface area contributed by atoms with E-state index >= 15 is 0 Å². The van der Waals surface area contributed by atoms with Crippen LogP contribution in [-0.4, -0.2) is 31.2 Å². The van der Waals surface area contributed by atoms with Crippen LogP contribution in [0.3, 0.4) is 0 Å². The molecule has 1 saturated heterocycles. The maximum atomic E-state index is 13.7. The SMILES string of the molecule is Cc1ccc(S(=O)(=O)N2CCCC2C(=O)NCc2ccccc2F)s1. The highest BCUT2D eigenvalue weighted by atomic mass is 32.2. The Balaban J connectivity index is 1.73. The number of benzene rings is 1. The van der Waals surface area contributed by atoms with Crippen molar-refractivity contribution in [1.29, 1.82) is 0 Å². The molecular formula is C17H19FN2O3S2. The van der Waals surface area contributed by atoms with Crippen LogP contribution in [0.4, 0.5) is 4.39 Å². The highest BCUT2D eigenvalue weighted by molar-refractivity contribution is 7.91. The Labute approximate surface area is 150 Å². The van der Waals surface area contributed by atoms with Gasteiger partial charge in [0, 0.05) is 23.5 Å². The van der Waals surface area contributed by atoms with Crippen molar-refractivity contribution in [3.05, 3.63) is 52.7 Å². The fourth-order valence-electron chi connectivity index (χ4n) is 2.90. The lowest BCUT2D eigenvalue weighted by Crippen LogP contribution is -2.45. The van der Waals surface area contributed by atoms with Gasteiger partial charge in [0.1, 0.15) is 16.1 Å². The molecule has 1 fully saturated rings. The van der Waals surface area contributed by atoms with Crippen LogP contribution in [0.2, 0.25) is 0 Å². The zero-order valence-corrected chi connectivity index (χ0v) is 15.4. The molecule has 1 aromatic carbocycles. The first-order valence-electron chi connectivity index (χ1n) is 7.99. The summed E-state index contributed by atoms with van der Waals surface area (Å²) in [6, 6.07) is 8.76. The average Bonchev–Trinajstić information content (AvgIpc) is 3.23. The van der Waals surface area contributed by atoms with E-state index < -0.39 is 27.8 Å². The van der Waals surface area contributed by atoms with Crippen LogP contribution in [0.5, 0.6) is 0 Å². The van der Waals surface area contributed by atoms with Crippen LogP contribution in [0.25, 0.3) is 0 Å². The van der Waals surface area contributed by atoms with Crippen molar-refractivity contribution >= 4 is 27.3 Å². The van der Waals surface area contributed by atoms with E-state index in [1.807, 2.05) is 6.92 Å². The smallest absolute Gasteiger partial charge is 0.253 e. The van der Waals surface area contributed by atoms with E-state index in [9.17, 15) is 17.6 Å². The van der Waals surface area contributed by atoms with Gasteiger partial charge in [0.05, 0.1) is 0 Å². The molecule has 25 heavy (non-hydrogen) atoms. The van der Waals surface area contributed by atoms with Crippen LogP contribution >= 0.6 is 11.3 Å². The zero-order chi connectivity index (χ0) is 18.0. The lowest BCUT2D eigenvalue weighted by molar-refractivity contribution is -0.124. The number of hydrogen-bond acceptors (Lipinski definition) is 4. The second-order valence-electron chi connectivity index (χ2n) is 5.95. The molecule has 0 spiro atoms. The minimum atomic E-state index is -3.69. The van der Waals surface area contributed by atoms with Crippen LogP contribution in [0.1, 0.15) is 23.3 Å². The summed E-state index contributed by atoms with van der Waals surface area (Å²) in [7, 11) is -3.69. The Morgan fingerprint density at radius 1 is 1.32 bits per heavy atom. The van der Waals surface area contributed by atoms with E-state index in [2.05, 4.69) is 5.32 Å². The van der Waals surface area contributed by atoms with Crippen molar-refractivity contribution in [2.75, 3.05) is 6.54 Å². The standard InChI is InChI=1S/C17H19FN2O3S2/c1-12-8-9-16(24-12)25(22,23)20-10-4-7-15(20)17(21)19-11-13-5-2-3-6-14(13)18/h2-3,5-6,8-9,15H,4,7,10-11H2,1H3,(H,19,21). The predicted molar refractivity (Wildman–Crippen MR) is 94.2 cm³/mol. The Kier molecular flexibility index (Phi) is 5.21. The van der Waals surface area contributed by atoms with Gasteiger partial charge in [-0.25, -0.2) is 12.8 Å². The van der Waals surface area contributed by atoms with Gasteiger partial charge in [-0.2, -0.15) is 4.31 Å². The van der Waals surface area contributed by atoms with Gasteiger partial charge < -0.3 is 5.32 Å². The number of rotatable bonds is 5. The zero-order valence-electron chi connectivity index (χ0n) is 13.7. The number of thiophene rings is 1. The number of carbonyl (C=O) groups excluding carboxylic acids is 1. The first-order valence-corrected chi connectivity index (χ1v) is 10.2. The fraction of sp³-hybridized carbons (Fsp3) is 0.353. The summed E-state index contributed by atoms with van der Waals surface area (Å²) < 4.78 is 40.7. The number of aryl methyl sites for hydroxylation is 1. The lowest BCUT2D eigenvalue weighted by atomic mass is 10.2. The predicted octanol–water partition coefficient (Wildman–Crippen LogP) is 2.67. The molecule has 134 valence electrons. The van der Waals surface area contributed by atoms with E-state index in [-0.39, 0.29) is 10.8 Å². The molecule has 2 aromatic rings. The van der Waals surface area contributed by atoms with Crippen molar-refractivity contribution in [2.45, 2.75) is 36.6 Å². The first-order chi connectivity index (χ1) is 11.9. The van der Waals surface area contributed by atoms with Gasteiger partial charge in [-0.1, -0.05) is 18.2 Å². The largest absolute Gasteiger partial charge is 0.351 e. The number of carbonyl (C=O) groups is 1. The highest BCUT2D eigenvalue weighted by Gasteiger charge is 2.39. The van der Waals surface area contributed by atoms with Crippen molar-refractivity contribution in [1.82, 2.24) is 9.62 Å². The minimum absolute atomic E-state index is 0.0357. The van der Waals surface area contributed by atoms with Crippen LogP contribution in [0.15, 0.2) is 40.6 Å². The van der Waals surface area contributed by atoms with Crippen LogP contribution in [0, 0.1) is 12.7 Å². The van der Waals surface area contributed by atoms with Gasteiger partial charge in [-0.3, -0.25) is 4.79 Å². The molecule has 2 heterocycles. The van der Waals surface area contributed by atoms with E-state index in [0.717, 1.165) is 4.88 Å². The Morgan fingerprint density at radius 2 is 2.08 bits per heavy atom. The van der Waals surface area contributed by atoms with E-state index in [4.69, 9.17) is 0 Å². The molecule has 1 amide bonds. The van der Waals surface area contributed by atoms with E-state index in [1.165, 1.54) is 21.7 Å². The van der Waals surface area contributed by atoms with E-state index in [1.54, 1.807) is 30.3 Å². The summed E-state index contributed by atoms with van der Waals surface area (Å²) in [6.45, 7) is 2.19. The Hall–Kier alpha value is -1.77. The van der Waals surface area contributed by atoms with Gasteiger partial charge >= 0.3 is 0 Å². The summed E-state index contributed by atoms with van der Waals surface area (Å²) in [5, 5.41) is 2.66. The third kappa shape index (κ3) is 3.75. The van der Waals surface area contributed by atoms with Gasteiger partial charge in [-0.05, 0) is 38.0 Å². The van der Waals surface area contributed by atoms with Gasteiger partial charge in [0.25, 0.3) is 10.0 Å². The monoisotopic (exact) mass is 382 g/mol. The summed E-state index contributed by atoms with van der Waals surface area (Å²) in [5.41, 5.74) is 0.372. The van der Waals surface area contributed by atoms with Crippen LogP contribution < -0.4 is 5.32 Å². The molecule has 0 saturated carbocycles. The quantitative estimate of drug-likeness (QED) is 0.865. The number of hydrogen-bond donors (Lipinski definition) is 1. The molecule has 1 aliphatic rings. The third-order valence-corrected chi connectivity index (χ3v) is 7.57. The maximum absolute atomic E-state index is 13.7. The second kappa shape index (κ2) is 7.23. The molecule has 0 aliphatic carbocycles. The normalized spacial score (nSPS) is 18.4. The third-order valence-electron chi connectivity index (χ3n) is 4.20. The van der Waals surface area contributed by atoms with Gasteiger partial charge in [-0.15, -0.1) is 11.3 Å². The molecule has 0 radical (unpaired) electrons. The summed E-state index contributed by atoms with van der Waals surface area (Å²) in [4.78, 5) is 13.4. The second-order valence-corrected chi connectivity index (χ2v) is 9.35. The number of nitrogens with zero attached hydrogens (tertiary/aromatic N) is 1. The summed E-state index contributed by atoms with van der Waals surface area (Å²) in [5.74, 6) is -0.787. The molecule has 3 rings (SSSR count). The fourth-order valence-corrected chi connectivity index (χ4v) is 5.97. The van der Waals surface area contributed by atoms with Crippen molar-refractivity contribution in [3.63, 3.8) is 0 Å². The molecule has 1 aromatic heterocycles. The number of amides is 1. The molecule has 5 nitrogen and oxygen atoms in total. The van der Waals surface area contributed by atoms with Crippen molar-refractivity contribution < 1.29 is 17.6 Å². The van der Waals surface area contributed by atoms with E-state index in [0.29, 0.717) is 24.9 Å². The van der Waals surface area contributed by atoms with Crippen molar-refractivity contribution in [3.8, 4) is 0 Å². The molecule has 1 aliphatic heterocycles. The van der Waals surface area contributed by atoms with Gasteiger partial charge in [0.2, 0.25) is 5.91 Å².